The Morgan fingerprint density at radius 1 is 1.10 bits per heavy atom. The molecule has 0 spiro atoms. The lowest BCUT2D eigenvalue weighted by Crippen LogP contribution is -2.36. The summed E-state index contributed by atoms with van der Waals surface area (Å²) in [4.78, 5) is 38.6. The average molecular weight is 397 g/mol. The minimum atomic E-state index is -0.697. The first-order chi connectivity index (χ1) is 13.8. The predicted molar refractivity (Wildman–Crippen MR) is 110 cm³/mol. The molecule has 0 atom stereocenters. The molecule has 1 aliphatic carbocycles. The van der Waals surface area contributed by atoms with Crippen LogP contribution in [0.25, 0.3) is 5.69 Å². The number of ketones is 1. The summed E-state index contributed by atoms with van der Waals surface area (Å²) in [5.74, 6) is -0.0782. The number of rotatable bonds is 6. The smallest absolute Gasteiger partial charge is 0.343 e. The van der Waals surface area contributed by atoms with Crippen LogP contribution in [-0.4, -0.2) is 29.5 Å². The second-order valence-electron chi connectivity index (χ2n) is 8.06. The molecule has 29 heavy (non-hydrogen) atoms. The van der Waals surface area contributed by atoms with Crippen molar-refractivity contribution >= 4 is 11.8 Å². The SMILES string of the molecule is CCCOC(=O)c1cc2c(n(-c3ccc(OCC)cc3)c1=O)CC(C)(C)CC2=O. The number of nitrogens with zero attached hydrogens (tertiary/aromatic N) is 1. The summed E-state index contributed by atoms with van der Waals surface area (Å²) >= 11 is 0. The van der Waals surface area contributed by atoms with E-state index in [4.69, 9.17) is 9.47 Å². The molecular formula is C23H27NO5. The number of pyridine rings is 1. The number of benzene rings is 1. The Labute approximate surface area is 170 Å². The minimum absolute atomic E-state index is 0.0690. The summed E-state index contributed by atoms with van der Waals surface area (Å²) in [7, 11) is 0. The number of Topliss-reactive ketones (excluding diaryl/α,β-unsaturated/α-hetero) is 1. The van der Waals surface area contributed by atoms with E-state index in [0.717, 1.165) is 0 Å². The van der Waals surface area contributed by atoms with Gasteiger partial charge in [0.25, 0.3) is 5.56 Å². The molecule has 6 heteroatoms. The van der Waals surface area contributed by atoms with E-state index in [1.54, 1.807) is 24.3 Å². The van der Waals surface area contributed by atoms with Gasteiger partial charge < -0.3 is 9.47 Å². The zero-order valence-corrected chi connectivity index (χ0v) is 17.4. The van der Waals surface area contributed by atoms with E-state index in [-0.39, 0.29) is 23.4 Å². The molecule has 0 fully saturated rings. The topological polar surface area (TPSA) is 74.6 Å². The van der Waals surface area contributed by atoms with Crippen molar-refractivity contribution in [2.75, 3.05) is 13.2 Å². The van der Waals surface area contributed by atoms with Crippen molar-refractivity contribution in [2.45, 2.75) is 47.0 Å². The molecular weight excluding hydrogens is 370 g/mol. The molecule has 1 heterocycles. The fourth-order valence-corrected chi connectivity index (χ4v) is 3.66. The Kier molecular flexibility index (Phi) is 5.91. The van der Waals surface area contributed by atoms with Gasteiger partial charge in [0.05, 0.1) is 13.2 Å². The molecule has 2 aromatic rings. The highest BCUT2D eigenvalue weighted by molar-refractivity contribution is 6.01. The lowest BCUT2D eigenvalue weighted by atomic mass is 9.75. The van der Waals surface area contributed by atoms with Crippen molar-refractivity contribution in [2.24, 2.45) is 5.41 Å². The normalized spacial score (nSPS) is 15.0. The summed E-state index contributed by atoms with van der Waals surface area (Å²) in [6.45, 7) is 8.54. The van der Waals surface area contributed by atoms with E-state index in [9.17, 15) is 14.4 Å². The zero-order valence-electron chi connectivity index (χ0n) is 17.4. The Morgan fingerprint density at radius 3 is 2.41 bits per heavy atom. The van der Waals surface area contributed by atoms with Crippen LogP contribution in [0.3, 0.4) is 0 Å². The molecule has 0 bridgehead atoms. The van der Waals surface area contributed by atoms with Crippen LogP contribution in [0, 0.1) is 5.41 Å². The Hall–Kier alpha value is -2.89. The minimum Gasteiger partial charge on any atom is -0.494 e. The van der Waals surface area contributed by atoms with Gasteiger partial charge in [0.1, 0.15) is 11.3 Å². The monoisotopic (exact) mass is 397 g/mol. The van der Waals surface area contributed by atoms with Crippen LogP contribution < -0.4 is 10.3 Å². The van der Waals surface area contributed by atoms with Crippen molar-refractivity contribution in [1.82, 2.24) is 4.57 Å². The van der Waals surface area contributed by atoms with Gasteiger partial charge in [-0.2, -0.15) is 0 Å². The van der Waals surface area contributed by atoms with Crippen molar-refractivity contribution in [3.63, 3.8) is 0 Å². The van der Waals surface area contributed by atoms with Gasteiger partial charge in [0.2, 0.25) is 0 Å². The van der Waals surface area contributed by atoms with E-state index in [1.807, 2.05) is 27.7 Å². The molecule has 0 N–H and O–H groups in total. The van der Waals surface area contributed by atoms with E-state index < -0.39 is 11.5 Å². The van der Waals surface area contributed by atoms with Crippen LogP contribution in [0.15, 0.2) is 35.1 Å². The molecule has 0 radical (unpaired) electrons. The molecule has 1 aromatic carbocycles. The number of aromatic nitrogens is 1. The van der Waals surface area contributed by atoms with Gasteiger partial charge in [-0.3, -0.25) is 14.2 Å². The van der Waals surface area contributed by atoms with Gasteiger partial charge in [0.15, 0.2) is 5.78 Å². The zero-order chi connectivity index (χ0) is 21.2. The number of esters is 1. The fourth-order valence-electron chi connectivity index (χ4n) is 3.66. The molecule has 154 valence electrons. The number of carbonyl (C=O) groups excluding carboxylic acids is 2. The number of carbonyl (C=O) groups is 2. The Morgan fingerprint density at radius 2 is 1.79 bits per heavy atom. The molecule has 0 amide bonds. The van der Waals surface area contributed by atoms with E-state index >= 15 is 0 Å². The van der Waals surface area contributed by atoms with Gasteiger partial charge in [-0.1, -0.05) is 20.8 Å². The van der Waals surface area contributed by atoms with Crippen LogP contribution in [0.1, 0.15) is 66.9 Å². The van der Waals surface area contributed by atoms with Gasteiger partial charge in [-0.25, -0.2) is 4.79 Å². The molecule has 0 saturated heterocycles. The first kappa shape index (κ1) is 20.8. The highest BCUT2D eigenvalue weighted by Crippen LogP contribution is 2.35. The third-order valence-corrected chi connectivity index (χ3v) is 4.95. The molecule has 3 rings (SSSR count). The molecule has 1 aromatic heterocycles. The van der Waals surface area contributed by atoms with Crippen molar-refractivity contribution in [1.29, 1.82) is 0 Å². The van der Waals surface area contributed by atoms with E-state index in [1.165, 1.54) is 10.6 Å². The van der Waals surface area contributed by atoms with E-state index in [2.05, 4.69) is 0 Å². The van der Waals surface area contributed by atoms with Crippen molar-refractivity contribution < 1.29 is 19.1 Å². The quantitative estimate of drug-likeness (QED) is 0.690. The van der Waals surface area contributed by atoms with Gasteiger partial charge in [-0.15, -0.1) is 0 Å². The highest BCUT2D eigenvalue weighted by Gasteiger charge is 2.35. The van der Waals surface area contributed by atoms with Crippen LogP contribution in [0.2, 0.25) is 0 Å². The summed E-state index contributed by atoms with van der Waals surface area (Å²) in [6, 6.07) is 8.49. The summed E-state index contributed by atoms with van der Waals surface area (Å²) in [5, 5.41) is 0. The second-order valence-corrected chi connectivity index (χ2v) is 8.06. The van der Waals surface area contributed by atoms with Crippen LogP contribution >= 0.6 is 0 Å². The van der Waals surface area contributed by atoms with Gasteiger partial charge >= 0.3 is 5.97 Å². The number of fused-ring (bicyclic) bond motifs is 1. The maximum atomic E-state index is 13.3. The predicted octanol–water partition coefficient (Wildman–Crippen LogP) is 3.96. The largest absolute Gasteiger partial charge is 0.494 e. The Bertz CT molecular complexity index is 986. The fraction of sp³-hybridized carbons (Fsp3) is 0.435. The lowest BCUT2D eigenvalue weighted by Gasteiger charge is -2.32. The maximum Gasteiger partial charge on any atom is 0.343 e. The first-order valence-electron chi connectivity index (χ1n) is 10.00. The average Bonchev–Trinajstić information content (AvgIpc) is 2.66. The summed E-state index contributed by atoms with van der Waals surface area (Å²) in [5.41, 5.74) is 0.783. The second kappa shape index (κ2) is 8.23. The van der Waals surface area contributed by atoms with Gasteiger partial charge in [-0.05, 0) is 55.5 Å². The summed E-state index contributed by atoms with van der Waals surface area (Å²) in [6.07, 6.45) is 1.57. The third kappa shape index (κ3) is 4.26. The number of ether oxygens (including phenoxy) is 2. The van der Waals surface area contributed by atoms with Crippen LogP contribution in [0.4, 0.5) is 0 Å². The van der Waals surface area contributed by atoms with Crippen LogP contribution in [-0.2, 0) is 11.2 Å². The standard InChI is InChI=1S/C23H27NO5/c1-5-11-29-22(27)18-12-17-19(13-23(3,4)14-20(17)25)24(21(18)26)15-7-9-16(10-8-15)28-6-2/h7-10,12H,5-6,11,13-14H2,1-4H3. The number of hydrogen-bond donors (Lipinski definition) is 0. The highest BCUT2D eigenvalue weighted by atomic mass is 16.5. The van der Waals surface area contributed by atoms with Crippen molar-refractivity contribution in [3.05, 3.63) is 57.5 Å². The summed E-state index contributed by atoms with van der Waals surface area (Å²) < 4.78 is 12.1. The van der Waals surface area contributed by atoms with Crippen LogP contribution in [0.5, 0.6) is 5.75 Å². The lowest BCUT2D eigenvalue weighted by molar-refractivity contribution is 0.0502. The van der Waals surface area contributed by atoms with Crippen molar-refractivity contribution in [3.8, 4) is 11.4 Å². The molecule has 1 aliphatic rings. The maximum absolute atomic E-state index is 13.3. The molecule has 0 saturated carbocycles. The molecule has 0 aliphatic heterocycles. The Balaban J connectivity index is 2.21. The molecule has 6 nitrogen and oxygen atoms in total. The molecule has 0 unspecified atom stereocenters. The third-order valence-electron chi connectivity index (χ3n) is 4.95. The van der Waals surface area contributed by atoms with Gasteiger partial charge in [0, 0.05) is 23.4 Å². The first-order valence-corrected chi connectivity index (χ1v) is 10.00. The number of hydrogen-bond acceptors (Lipinski definition) is 5. The van der Waals surface area contributed by atoms with E-state index in [0.29, 0.717) is 48.6 Å².